The number of aryl methyl sites for hydroxylation is 1. The van der Waals surface area contributed by atoms with E-state index in [0.29, 0.717) is 27.4 Å². The number of fused-ring (bicyclic) bond motifs is 1. The summed E-state index contributed by atoms with van der Waals surface area (Å²) in [6.07, 6.45) is -1.13. The monoisotopic (exact) mass is 439 g/mol. The Hall–Kier alpha value is -3.28. The molecule has 0 bridgehead atoms. The molecule has 4 rings (SSSR count). The number of rotatable bonds is 4. The molecule has 3 aromatic carbocycles. The topological polar surface area (TPSA) is 79.5 Å². The molecule has 0 fully saturated rings. The van der Waals surface area contributed by atoms with Crippen molar-refractivity contribution in [2.24, 2.45) is 0 Å². The summed E-state index contributed by atoms with van der Waals surface area (Å²) >= 11 is 12.1. The zero-order valence-corrected chi connectivity index (χ0v) is 17.2. The highest BCUT2D eigenvalue weighted by atomic mass is 35.5. The molecule has 0 unspecified atom stereocenters. The van der Waals surface area contributed by atoms with Crippen LogP contribution in [0, 0.1) is 6.92 Å². The first kappa shape index (κ1) is 20.0. The maximum atomic E-state index is 13.0. The highest BCUT2D eigenvalue weighted by Gasteiger charge is 2.21. The van der Waals surface area contributed by atoms with Crippen LogP contribution in [0.2, 0.25) is 10.0 Å². The number of ketones is 1. The van der Waals surface area contributed by atoms with E-state index in [2.05, 4.69) is 5.32 Å². The van der Waals surface area contributed by atoms with Crippen molar-refractivity contribution in [2.45, 2.75) is 6.92 Å². The molecule has 0 atom stereocenters. The van der Waals surface area contributed by atoms with Crippen molar-refractivity contribution in [3.05, 3.63) is 87.6 Å². The predicted octanol–water partition coefficient (Wildman–Crippen LogP) is 7.04. The maximum Gasteiger partial charge on any atom is 0.409 e. The lowest BCUT2D eigenvalue weighted by atomic mass is 10.0. The Kier molecular flexibility index (Phi) is 5.24. The van der Waals surface area contributed by atoms with Crippen LogP contribution in [0.5, 0.6) is 0 Å². The van der Waals surface area contributed by atoms with E-state index in [1.54, 1.807) is 30.3 Å². The van der Waals surface area contributed by atoms with E-state index in [-0.39, 0.29) is 16.6 Å². The largest absolute Gasteiger partial charge is 0.465 e. The summed E-state index contributed by atoms with van der Waals surface area (Å²) in [7, 11) is 0. The summed E-state index contributed by atoms with van der Waals surface area (Å²) in [6, 6.07) is 17.3. The standard InChI is InChI=1S/C23H15Cl2NO4/c1-12-17-7-5-14(13-3-2-4-16(9-13)26-23(28)29)10-20(17)30-22(12)21(27)18-8-6-15(24)11-19(18)25/h2-11,26H,1H3,(H,28,29). The Labute approximate surface area is 181 Å². The Balaban J connectivity index is 1.75. The molecule has 1 amide bonds. The van der Waals surface area contributed by atoms with Gasteiger partial charge in [-0.2, -0.15) is 0 Å². The number of anilines is 1. The molecular weight excluding hydrogens is 425 g/mol. The van der Waals surface area contributed by atoms with Crippen LogP contribution in [0.3, 0.4) is 0 Å². The maximum absolute atomic E-state index is 13.0. The van der Waals surface area contributed by atoms with Gasteiger partial charge in [-0.05, 0) is 54.4 Å². The molecule has 0 saturated carbocycles. The van der Waals surface area contributed by atoms with Crippen LogP contribution in [0.25, 0.3) is 22.1 Å². The van der Waals surface area contributed by atoms with Crippen molar-refractivity contribution < 1.29 is 19.1 Å². The molecule has 1 aromatic heterocycles. The Bertz CT molecular complexity index is 1310. The zero-order valence-electron chi connectivity index (χ0n) is 15.7. The Morgan fingerprint density at radius 3 is 2.47 bits per heavy atom. The molecule has 7 heteroatoms. The van der Waals surface area contributed by atoms with E-state index in [1.165, 1.54) is 6.07 Å². The van der Waals surface area contributed by atoms with Crippen LogP contribution in [-0.4, -0.2) is 17.0 Å². The molecule has 150 valence electrons. The van der Waals surface area contributed by atoms with Crippen LogP contribution in [0.4, 0.5) is 10.5 Å². The fourth-order valence-corrected chi connectivity index (χ4v) is 3.81. The lowest BCUT2D eigenvalue weighted by Gasteiger charge is -2.05. The summed E-state index contributed by atoms with van der Waals surface area (Å²) in [4.78, 5) is 23.9. The van der Waals surface area contributed by atoms with Crippen molar-refractivity contribution in [1.29, 1.82) is 0 Å². The van der Waals surface area contributed by atoms with Gasteiger partial charge in [-0.3, -0.25) is 10.1 Å². The second kappa shape index (κ2) is 7.86. The van der Waals surface area contributed by atoms with Crippen LogP contribution >= 0.6 is 23.2 Å². The summed E-state index contributed by atoms with van der Waals surface area (Å²) in [5, 5.41) is 12.8. The normalized spacial score (nSPS) is 10.9. The summed E-state index contributed by atoms with van der Waals surface area (Å²) in [6.45, 7) is 1.82. The fourth-order valence-electron chi connectivity index (χ4n) is 3.32. The molecule has 0 radical (unpaired) electrons. The lowest BCUT2D eigenvalue weighted by Crippen LogP contribution is -2.06. The van der Waals surface area contributed by atoms with Gasteiger partial charge in [0, 0.05) is 27.2 Å². The summed E-state index contributed by atoms with van der Waals surface area (Å²) in [5.74, 6) is -0.104. The molecule has 4 aromatic rings. The first-order chi connectivity index (χ1) is 14.3. The summed E-state index contributed by atoms with van der Waals surface area (Å²) in [5.41, 5.74) is 3.68. The van der Waals surface area contributed by atoms with Gasteiger partial charge < -0.3 is 9.52 Å². The van der Waals surface area contributed by atoms with Crippen molar-refractivity contribution in [3.63, 3.8) is 0 Å². The number of furan rings is 1. The smallest absolute Gasteiger partial charge is 0.409 e. The SMILES string of the molecule is Cc1c(C(=O)c2ccc(Cl)cc2Cl)oc2cc(-c3cccc(NC(=O)O)c3)ccc12. The van der Waals surface area contributed by atoms with Gasteiger partial charge in [-0.25, -0.2) is 4.79 Å². The average molecular weight is 440 g/mol. The molecular formula is C23H15Cl2NO4. The second-order valence-corrected chi connectivity index (χ2v) is 7.58. The number of benzene rings is 3. The minimum atomic E-state index is -1.13. The number of nitrogens with one attached hydrogen (secondary N) is 1. The van der Waals surface area contributed by atoms with E-state index in [1.807, 2.05) is 31.2 Å². The Morgan fingerprint density at radius 1 is 0.967 bits per heavy atom. The summed E-state index contributed by atoms with van der Waals surface area (Å²) < 4.78 is 5.91. The van der Waals surface area contributed by atoms with E-state index < -0.39 is 6.09 Å². The van der Waals surface area contributed by atoms with Gasteiger partial charge in [0.1, 0.15) is 5.58 Å². The lowest BCUT2D eigenvalue weighted by molar-refractivity contribution is 0.101. The number of carboxylic acid groups (broad SMARTS) is 1. The molecule has 2 N–H and O–H groups in total. The second-order valence-electron chi connectivity index (χ2n) is 6.73. The number of amides is 1. The van der Waals surface area contributed by atoms with Crippen molar-refractivity contribution in [1.82, 2.24) is 0 Å². The number of halogens is 2. The molecule has 30 heavy (non-hydrogen) atoms. The first-order valence-electron chi connectivity index (χ1n) is 8.97. The molecule has 0 spiro atoms. The van der Waals surface area contributed by atoms with Gasteiger partial charge in [0.15, 0.2) is 5.76 Å². The third-order valence-electron chi connectivity index (χ3n) is 4.77. The van der Waals surface area contributed by atoms with Gasteiger partial charge in [0.2, 0.25) is 5.78 Å². The van der Waals surface area contributed by atoms with Crippen LogP contribution in [0.1, 0.15) is 21.7 Å². The fraction of sp³-hybridized carbons (Fsp3) is 0.0435. The number of carbonyl (C=O) groups excluding carboxylic acids is 1. The van der Waals surface area contributed by atoms with Crippen LogP contribution < -0.4 is 5.32 Å². The number of carbonyl (C=O) groups is 2. The average Bonchev–Trinajstić information content (AvgIpc) is 3.03. The van der Waals surface area contributed by atoms with E-state index >= 15 is 0 Å². The zero-order chi connectivity index (χ0) is 21.4. The molecule has 0 aliphatic carbocycles. The molecule has 1 heterocycles. The number of hydrogen-bond donors (Lipinski definition) is 2. The van der Waals surface area contributed by atoms with Gasteiger partial charge in [0.25, 0.3) is 0 Å². The predicted molar refractivity (Wildman–Crippen MR) is 118 cm³/mol. The highest BCUT2D eigenvalue weighted by molar-refractivity contribution is 6.37. The van der Waals surface area contributed by atoms with E-state index in [4.69, 9.17) is 32.7 Å². The van der Waals surface area contributed by atoms with Crippen molar-refractivity contribution in [3.8, 4) is 11.1 Å². The minimum Gasteiger partial charge on any atom is -0.465 e. The van der Waals surface area contributed by atoms with E-state index in [9.17, 15) is 9.59 Å². The molecule has 0 aliphatic rings. The van der Waals surface area contributed by atoms with Crippen molar-refractivity contribution >= 4 is 51.7 Å². The number of hydrogen-bond acceptors (Lipinski definition) is 3. The quantitative estimate of drug-likeness (QED) is 0.334. The third kappa shape index (κ3) is 3.77. The molecule has 5 nitrogen and oxygen atoms in total. The minimum absolute atomic E-state index is 0.215. The highest BCUT2D eigenvalue weighted by Crippen LogP contribution is 2.33. The van der Waals surface area contributed by atoms with Gasteiger partial charge in [0.05, 0.1) is 5.02 Å². The van der Waals surface area contributed by atoms with Crippen LogP contribution in [-0.2, 0) is 0 Å². The first-order valence-corrected chi connectivity index (χ1v) is 9.72. The van der Waals surface area contributed by atoms with Gasteiger partial charge in [-0.15, -0.1) is 0 Å². The molecule has 0 saturated heterocycles. The van der Waals surface area contributed by atoms with Crippen LogP contribution in [0.15, 0.2) is 65.1 Å². The Morgan fingerprint density at radius 2 is 1.73 bits per heavy atom. The third-order valence-corrected chi connectivity index (χ3v) is 5.32. The van der Waals surface area contributed by atoms with Gasteiger partial charge >= 0.3 is 6.09 Å². The van der Waals surface area contributed by atoms with Gasteiger partial charge in [-0.1, -0.05) is 47.5 Å². The molecule has 0 aliphatic heterocycles. The van der Waals surface area contributed by atoms with E-state index in [0.717, 1.165) is 16.5 Å². The van der Waals surface area contributed by atoms with Crippen molar-refractivity contribution in [2.75, 3.05) is 5.32 Å².